The Labute approximate surface area is 128 Å². The molecular formula is C15H14O4S2. The molecule has 2 unspecified atom stereocenters. The average molecular weight is 322 g/mol. The van der Waals surface area contributed by atoms with Crippen LogP contribution in [0, 0.1) is 0 Å². The van der Waals surface area contributed by atoms with Crippen molar-refractivity contribution in [1.82, 2.24) is 0 Å². The van der Waals surface area contributed by atoms with Gasteiger partial charge in [0, 0.05) is 0 Å². The summed E-state index contributed by atoms with van der Waals surface area (Å²) in [5, 5.41) is 0. The predicted octanol–water partition coefficient (Wildman–Crippen LogP) is 2.96. The molecule has 1 saturated carbocycles. The van der Waals surface area contributed by atoms with Gasteiger partial charge in [0.15, 0.2) is 4.08 Å². The second-order valence-corrected chi connectivity index (χ2v) is 7.77. The van der Waals surface area contributed by atoms with E-state index in [1.54, 1.807) is 48.5 Å². The highest BCUT2D eigenvalue weighted by molar-refractivity contribution is 8.00. The zero-order valence-electron chi connectivity index (χ0n) is 11.1. The molecule has 0 aliphatic heterocycles. The van der Waals surface area contributed by atoms with E-state index >= 15 is 0 Å². The average Bonchev–Trinajstić information content (AvgIpc) is 3.31. The summed E-state index contributed by atoms with van der Waals surface area (Å²) in [7, 11) is 0. The third kappa shape index (κ3) is 3.16. The van der Waals surface area contributed by atoms with Crippen LogP contribution in [-0.4, -0.2) is 12.5 Å². The first-order valence-corrected chi connectivity index (χ1v) is 8.66. The van der Waals surface area contributed by atoms with E-state index in [1.165, 1.54) is 0 Å². The molecule has 0 bridgehead atoms. The van der Waals surface area contributed by atoms with Crippen LogP contribution in [0.25, 0.3) is 0 Å². The first-order chi connectivity index (χ1) is 10.2. The Morgan fingerprint density at radius 3 is 1.43 bits per heavy atom. The molecule has 0 spiro atoms. The van der Waals surface area contributed by atoms with Crippen LogP contribution in [-0.2, 0) is 22.2 Å². The van der Waals surface area contributed by atoms with Gasteiger partial charge in [-0.25, -0.2) is 8.42 Å². The van der Waals surface area contributed by atoms with Crippen LogP contribution < -0.4 is 8.37 Å². The first kappa shape index (κ1) is 14.3. The van der Waals surface area contributed by atoms with Crippen LogP contribution in [0.2, 0.25) is 0 Å². The number of para-hydroxylation sites is 2. The van der Waals surface area contributed by atoms with Gasteiger partial charge < -0.3 is 8.37 Å². The van der Waals surface area contributed by atoms with Crippen LogP contribution >= 0.6 is 0 Å². The van der Waals surface area contributed by atoms with Gasteiger partial charge in [0.2, 0.25) is 22.2 Å². The fraction of sp³-hybridized carbons (Fsp3) is 0.200. The van der Waals surface area contributed by atoms with E-state index < -0.39 is 26.2 Å². The fourth-order valence-corrected chi connectivity index (χ4v) is 4.16. The zero-order valence-corrected chi connectivity index (χ0v) is 12.8. The first-order valence-electron chi connectivity index (χ1n) is 6.51. The molecule has 0 amide bonds. The van der Waals surface area contributed by atoms with Crippen molar-refractivity contribution in [2.45, 2.75) is 16.9 Å². The van der Waals surface area contributed by atoms with Crippen molar-refractivity contribution in [2.75, 3.05) is 0 Å². The van der Waals surface area contributed by atoms with E-state index in [0.717, 1.165) is 0 Å². The summed E-state index contributed by atoms with van der Waals surface area (Å²) in [4.78, 5) is 0. The van der Waals surface area contributed by atoms with Gasteiger partial charge in [-0.1, -0.05) is 36.4 Å². The topological polar surface area (TPSA) is 52.6 Å². The quantitative estimate of drug-likeness (QED) is 0.820. The van der Waals surface area contributed by atoms with Gasteiger partial charge in [-0.05, 0) is 37.1 Å². The highest BCUT2D eigenvalue weighted by atomic mass is 32.3. The molecule has 1 aliphatic carbocycles. The minimum absolute atomic E-state index is 0.499. The van der Waals surface area contributed by atoms with Crippen LogP contribution in [0.15, 0.2) is 60.7 Å². The minimum Gasteiger partial charge on any atom is -0.399 e. The van der Waals surface area contributed by atoms with E-state index in [-0.39, 0.29) is 0 Å². The van der Waals surface area contributed by atoms with Gasteiger partial charge in [-0.2, -0.15) is 0 Å². The molecule has 6 heteroatoms. The van der Waals surface area contributed by atoms with Crippen LogP contribution in [0.3, 0.4) is 0 Å². The lowest BCUT2D eigenvalue weighted by Crippen LogP contribution is -2.29. The van der Waals surface area contributed by atoms with E-state index in [0.29, 0.717) is 24.3 Å². The molecule has 4 nitrogen and oxygen atoms in total. The largest absolute Gasteiger partial charge is 0.399 e. The SMILES string of the molecule is O=S(Oc1ccccc1)C1(S(=O)Oc2ccccc2)CC1. The summed E-state index contributed by atoms with van der Waals surface area (Å²) in [6, 6.07) is 17.7. The second-order valence-electron chi connectivity index (χ2n) is 4.67. The molecular weight excluding hydrogens is 308 g/mol. The maximum Gasteiger partial charge on any atom is 0.229 e. The van der Waals surface area contributed by atoms with Gasteiger partial charge in [-0.3, -0.25) is 0 Å². The molecule has 1 aliphatic rings. The predicted molar refractivity (Wildman–Crippen MR) is 82.4 cm³/mol. The molecule has 21 heavy (non-hydrogen) atoms. The van der Waals surface area contributed by atoms with Crippen LogP contribution in [0.4, 0.5) is 0 Å². The third-order valence-corrected chi connectivity index (χ3v) is 6.63. The highest BCUT2D eigenvalue weighted by Crippen LogP contribution is 2.46. The van der Waals surface area contributed by atoms with E-state index in [1.807, 2.05) is 12.1 Å². The van der Waals surface area contributed by atoms with Gasteiger partial charge >= 0.3 is 0 Å². The third-order valence-electron chi connectivity index (χ3n) is 3.10. The number of rotatable bonds is 6. The summed E-state index contributed by atoms with van der Waals surface area (Å²) in [6.07, 6.45) is 1.12. The summed E-state index contributed by atoms with van der Waals surface area (Å²) in [5.74, 6) is 0.998. The Hall–Kier alpha value is -1.66. The molecule has 2 atom stereocenters. The molecule has 0 N–H and O–H groups in total. The van der Waals surface area contributed by atoms with Crippen molar-refractivity contribution >= 4 is 22.2 Å². The van der Waals surface area contributed by atoms with Crippen molar-refractivity contribution < 1.29 is 16.8 Å². The Morgan fingerprint density at radius 2 is 1.10 bits per heavy atom. The minimum atomic E-state index is -1.70. The maximum absolute atomic E-state index is 12.3. The van der Waals surface area contributed by atoms with E-state index in [9.17, 15) is 8.42 Å². The monoisotopic (exact) mass is 322 g/mol. The Kier molecular flexibility index (Phi) is 4.07. The molecule has 0 saturated heterocycles. The summed E-state index contributed by atoms with van der Waals surface area (Å²) in [5.41, 5.74) is 0. The molecule has 2 aromatic carbocycles. The highest BCUT2D eigenvalue weighted by Gasteiger charge is 2.59. The summed E-state index contributed by atoms with van der Waals surface area (Å²) >= 11 is -3.40. The van der Waals surface area contributed by atoms with Crippen molar-refractivity contribution in [3.05, 3.63) is 60.7 Å². The molecule has 1 fully saturated rings. The lowest BCUT2D eigenvalue weighted by Gasteiger charge is -2.14. The number of hydrogen-bond acceptors (Lipinski definition) is 4. The second kappa shape index (κ2) is 5.99. The lowest BCUT2D eigenvalue weighted by molar-refractivity contribution is 0.537. The maximum atomic E-state index is 12.3. The van der Waals surface area contributed by atoms with Crippen molar-refractivity contribution in [3.8, 4) is 11.5 Å². The van der Waals surface area contributed by atoms with Gasteiger partial charge in [0.25, 0.3) is 0 Å². The van der Waals surface area contributed by atoms with Gasteiger partial charge in [-0.15, -0.1) is 0 Å². The Morgan fingerprint density at radius 1 is 0.714 bits per heavy atom. The standard InChI is InChI=1S/C15H14O4S2/c16-20(18-13-7-3-1-4-8-13)15(11-12-15)21(17)19-14-9-5-2-6-10-14/h1-10H,11-12H2. The van der Waals surface area contributed by atoms with E-state index in [2.05, 4.69) is 0 Å². The normalized spacial score (nSPS) is 18.5. The fourth-order valence-electron chi connectivity index (χ4n) is 1.77. The Bertz CT molecular complexity index is 598. The Balaban J connectivity index is 1.69. The number of benzene rings is 2. The van der Waals surface area contributed by atoms with Gasteiger partial charge in [0.05, 0.1) is 0 Å². The van der Waals surface area contributed by atoms with Crippen LogP contribution in [0.1, 0.15) is 12.8 Å². The number of hydrogen-bond donors (Lipinski definition) is 0. The van der Waals surface area contributed by atoms with Crippen molar-refractivity contribution in [2.24, 2.45) is 0 Å². The van der Waals surface area contributed by atoms with Gasteiger partial charge in [0.1, 0.15) is 11.5 Å². The zero-order chi connectivity index (χ0) is 14.7. The molecule has 110 valence electrons. The summed E-state index contributed by atoms with van der Waals surface area (Å²) in [6.45, 7) is 0. The molecule has 3 rings (SSSR count). The molecule has 0 heterocycles. The van der Waals surface area contributed by atoms with Crippen molar-refractivity contribution in [1.29, 1.82) is 0 Å². The van der Waals surface area contributed by atoms with Crippen molar-refractivity contribution in [3.63, 3.8) is 0 Å². The smallest absolute Gasteiger partial charge is 0.229 e. The van der Waals surface area contributed by atoms with E-state index in [4.69, 9.17) is 8.37 Å². The van der Waals surface area contributed by atoms with Crippen LogP contribution in [0.5, 0.6) is 11.5 Å². The molecule has 0 radical (unpaired) electrons. The molecule has 2 aromatic rings. The lowest BCUT2D eigenvalue weighted by atomic mass is 10.3. The summed E-state index contributed by atoms with van der Waals surface area (Å²) < 4.78 is 34.6. The molecule has 0 aromatic heterocycles.